The first-order valence-corrected chi connectivity index (χ1v) is 8.10. The molecular formula is C15H34IN5O. The molecule has 0 amide bonds. The molecule has 0 spiro atoms. The molecule has 0 saturated carbocycles. The summed E-state index contributed by atoms with van der Waals surface area (Å²) >= 11 is 0. The SMILES string of the molecule is CN=C(NCCCOC)NCCCN1CCCN(C)CC1.I. The summed E-state index contributed by atoms with van der Waals surface area (Å²) in [6.45, 7) is 8.66. The molecule has 1 aliphatic rings. The molecule has 6 nitrogen and oxygen atoms in total. The van der Waals surface area contributed by atoms with Gasteiger partial charge in [-0.15, -0.1) is 24.0 Å². The monoisotopic (exact) mass is 427 g/mol. The summed E-state index contributed by atoms with van der Waals surface area (Å²) in [5.41, 5.74) is 0. The summed E-state index contributed by atoms with van der Waals surface area (Å²) < 4.78 is 5.03. The van der Waals surface area contributed by atoms with Crippen LogP contribution in [0.25, 0.3) is 0 Å². The largest absolute Gasteiger partial charge is 0.385 e. The fourth-order valence-corrected chi connectivity index (χ4v) is 2.48. The fourth-order valence-electron chi connectivity index (χ4n) is 2.48. The van der Waals surface area contributed by atoms with Crippen LogP contribution in [0.2, 0.25) is 0 Å². The highest BCUT2D eigenvalue weighted by Crippen LogP contribution is 2.01. The van der Waals surface area contributed by atoms with Crippen LogP contribution in [0.4, 0.5) is 0 Å². The number of nitrogens with zero attached hydrogens (tertiary/aromatic N) is 3. The molecule has 0 atom stereocenters. The van der Waals surface area contributed by atoms with Crippen LogP contribution < -0.4 is 10.6 Å². The Morgan fingerprint density at radius 2 is 1.82 bits per heavy atom. The van der Waals surface area contributed by atoms with E-state index in [0.29, 0.717) is 0 Å². The van der Waals surface area contributed by atoms with Gasteiger partial charge in [-0.1, -0.05) is 0 Å². The molecule has 0 radical (unpaired) electrons. The minimum absolute atomic E-state index is 0. The molecule has 22 heavy (non-hydrogen) atoms. The molecule has 1 heterocycles. The van der Waals surface area contributed by atoms with E-state index in [2.05, 4.69) is 32.5 Å². The van der Waals surface area contributed by atoms with E-state index in [9.17, 15) is 0 Å². The number of hydrogen-bond acceptors (Lipinski definition) is 4. The topological polar surface area (TPSA) is 52.1 Å². The summed E-state index contributed by atoms with van der Waals surface area (Å²) in [5.74, 6) is 0.890. The fraction of sp³-hybridized carbons (Fsp3) is 0.933. The van der Waals surface area contributed by atoms with Crippen molar-refractivity contribution in [2.45, 2.75) is 19.3 Å². The zero-order valence-corrected chi connectivity index (χ0v) is 16.8. The average molecular weight is 427 g/mol. The van der Waals surface area contributed by atoms with Crippen LogP contribution in [0.15, 0.2) is 4.99 Å². The van der Waals surface area contributed by atoms with Crippen molar-refractivity contribution in [3.05, 3.63) is 0 Å². The number of nitrogens with one attached hydrogen (secondary N) is 2. The molecule has 2 N–H and O–H groups in total. The molecule has 132 valence electrons. The van der Waals surface area contributed by atoms with Gasteiger partial charge in [0.1, 0.15) is 0 Å². The molecule has 1 fully saturated rings. The average Bonchev–Trinajstić information content (AvgIpc) is 2.70. The van der Waals surface area contributed by atoms with Crippen LogP contribution >= 0.6 is 24.0 Å². The summed E-state index contributed by atoms with van der Waals surface area (Å²) in [6.07, 6.45) is 3.44. The molecule has 1 saturated heterocycles. The van der Waals surface area contributed by atoms with E-state index in [1.807, 2.05) is 7.05 Å². The molecule has 0 aromatic rings. The number of guanidine groups is 1. The van der Waals surface area contributed by atoms with Gasteiger partial charge >= 0.3 is 0 Å². The van der Waals surface area contributed by atoms with Crippen molar-refractivity contribution < 1.29 is 4.74 Å². The Morgan fingerprint density at radius 1 is 1.09 bits per heavy atom. The first-order chi connectivity index (χ1) is 10.3. The predicted octanol–water partition coefficient (Wildman–Crippen LogP) is 0.834. The number of aliphatic imine (C=N–C) groups is 1. The number of ether oxygens (including phenoxy) is 1. The third-order valence-corrected chi connectivity index (χ3v) is 3.80. The molecule has 0 aromatic carbocycles. The highest BCUT2D eigenvalue weighted by atomic mass is 127. The van der Waals surface area contributed by atoms with E-state index < -0.39 is 0 Å². The summed E-state index contributed by atoms with van der Waals surface area (Å²) in [7, 11) is 5.76. The van der Waals surface area contributed by atoms with Gasteiger partial charge in [0.15, 0.2) is 5.96 Å². The number of methoxy groups -OCH3 is 1. The van der Waals surface area contributed by atoms with Gasteiger partial charge in [0.05, 0.1) is 0 Å². The molecule has 1 rings (SSSR count). The summed E-state index contributed by atoms with van der Waals surface area (Å²) in [4.78, 5) is 9.22. The maximum atomic E-state index is 5.03. The second kappa shape index (κ2) is 14.5. The Hall–Kier alpha value is -0.120. The molecule has 7 heteroatoms. The van der Waals surface area contributed by atoms with Crippen molar-refractivity contribution in [3.63, 3.8) is 0 Å². The van der Waals surface area contributed by atoms with Gasteiger partial charge in [-0.05, 0) is 45.9 Å². The molecule has 0 unspecified atom stereocenters. The molecule has 1 aliphatic heterocycles. The predicted molar refractivity (Wildman–Crippen MR) is 104 cm³/mol. The van der Waals surface area contributed by atoms with Gasteiger partial charge in [-0.2, -0.15) is 0 Å². The normalized spacial score (nSPS) is 17.7. The summed E-state index contributed by atoms with van der Waals surface area (Å²) in [6, 6.07) is 0. The quantitative estimate of drug-likeness (QED) is 0.260. The lowest BCUT2D eigenvalue weighted by Gasteiger charge is -2.20. The maximum Gasteiger partial charge on any atom is 0.190 e. The van der Waals surface area contributed by atoms with E-state index in [1.165, 1.54) is 39.1 Å². The van der Waals surface area contributed by atoms with E-state index in [4.69, 9.17) is 4.74 Å². The van der Waals surface area contributed by atoms with Crippen LogP contribution in [-0.4, -0.2) is 89.4 Å². The Labute approximate surface area is 153 Å². The number of likely N-dealkylation sites (N-methyl/N-ethyl adjacent to an activating group) is 1. The van der Waals surface area contributed by atoms with E-state index in [-0.39, 0.29) is 24.0 Å². The van der Waals surface area contributed by atoms with Crippen molar-refractivity contribution in [2.24, 2.45) is 4.99 Å². The Bertz CT molecular complexity index is 291. The maximum absolute atomic E-state index is 5.03. The molecular weight excluding hydrogens is 393 g/mol. The first-order valence-electron chi connectivity index (χ1n) is 8.10. The van der Waals surface area contributed by atoms with Crippen molar-refractivity contribution in [1.29, 1.82) is 0 Å². The second-order valence-corrected chi connectivity index (χ2v) is 5.62. The highest BCUT2D eigenvalue weighted by Gasteiger charge is 2.11. The van der Waals surface area contributed by atoms with Crippen LogP contribution in [0, 0.1) is 0 Å². The lowest BCUT2D eigenvalue weighted by Crippen LogP contribution is -2.39. The van der Waals surface area contributed by atoms with E-state index in [1.54, 1.807) is 7.11 Å². The van der Waals surface area contributed by atoms with Gasteiger partial charge in [0, 0.05) is 46.9 Å². The number of hydrogen-bond donors (Lipinski definition) is 2. The smallest absolute Gasteiger partial charge is 0.190 e. The summed E-state index contributed by atoms with van der Waals surface area (Å²) in [5, 5.41) is 6.67. The second-order valence-electron chi connectivity index (χ2n) is 5.62. The molecule has 0 aromatic heterocycles. The van der Waals surface area contributed by atoms with E-state index >= 15 is 0 Å². The van der Waals surface area contributed by atoms with Crippen LogP contribution in [-0.2, 0) is 4.74 Å². The van der Waals surface area contributed by atoms with Crippen LogP contribution in [0.3, 0.4) is 0 Å². The van der Waals surface area contributed by atoms with Crippen LogP contribution in [0.1, 0.15) is 19.3 Å². The zero-order valence-electron chi connectivity index (χ0n) is 14.4. The van der Waals surface area contributed by atoms with Gasteiger partial charge in [0.25, 0.3) is 0 Å². The highest BCUT2D eigenvalue weighted by molar-refractivity contribution is 14.0. The van der Waals surface area contributed by atoms with Gasteiger partial charge in [0.2, 0.25) is 0 Å². The number of rotatable bonds is 8. The van der Waals surface area contributed by atoms with Gasteiger partial charge in [-0.25, -0.2) is 0 Å². The van der Waals surface area contributed by atoms with Crippen molar-refractivity contribution in [1.82, 2.24) is 20.4 Å². The lowest BCUT2D eigenvalue weighted by atomic mass is 10.3. The standard InChI is InChI=1S/C15H33N5O.HI/c1-16-15(18-8-5-14-21-3)17-7-4-10-20-11-6-9-19(2)12-13-20;/h4-14H2,1-3H3,(H2,16,17,18);1H. The Balaban J connectivity index is 0.00000441. The Kier molecular flexibility index (Phi) is 14.4. The Morgan fingerprint density at radius 3 is 2.50 bits per heavy atom. The third kappa shape index (κ3) is 10.6. The van der Waals surface area contributed by atoms with Crippen LogP contribution in [0.5, 0.6) is 0 Å². The zero-order chi connectivity index (χ0) is 15.3. The lowest BCUT2D eigenvalue weighted by molar-refractivity contribution is 0.195. The minimum atomic E-state index is 0. The third-order valence-electron chi connectivity index (χ3n) is 3.80. The van der Waals surface area contributed by atoms with Gasteiger partial charge < -0.3 is 25.2 Å². The van der Waals surface area contributed by atoms with Crippen molar-refractivity contribution >= 4 is 29.9 Å². The molecule has 0 bridgehead atoms. The van der Waals surface area contributed by atoms with Crippen molar-refractivity contribution in [3.8, 4) is 0 Å². The first kappa shape index (κ1) is 21.9. The van der Waals surface area contributed by atoms with Gasteiger partial charge in [-0.3, -0.25) is 4.99 Å². The van der Waals surface area contributed by atoms with Crippen molar-refractivity contribution in [2.75, 3.05) is 73.6 Å². The van der Waals surface area contributed by atoms with E-state index in [0.717, 1.165) is 38.5 Å². The minimum Gasteiger partial charge on any atom is -0.385 e. The molecule has 0 aliphatic carbocycles. The number of halogens is 1.